The Hall–Kier alpha value is -7.07. The van der Waals surface area contributed by atoms with Crippen LogP contribution in [0.15, 0.2) is 53.3 Å². The lowest BCUT2D eigenvalue weighted by atomic mass is 10.1. The van der Waals surface area contributed by atoms with E-state index in [1.54, 1.807) is 45.9 Å². The molecule has 4 aromatic heterocycles. The number of phosphoric ester groups is 1. The summed E-state index contributed by atoms with van der Waals surface area (Å²) in [5, 5.41) is 12.5. The first kappa shape index (κ1) is 43.5. The number of carbonyl (C=O) groups is 4. The van der Waals surface area contributed by atoms with E-state index in [0.29, 0.717) is 34.5 Å². The summed E-state index contributed by atoms with van der Waals surface area (Å²) in [5.74, 6) is -2.25. The van der Waals surface area contributed by atoms with Crippen LogP contribution in [0.2, 0.25) is 0 Å². The zero-order valence-electron chi connectivity index (χ0n) is 33.4. The third kappa shape index (κ3) is 9.71. The minimum Gasteiger partial charge on any atom is -0.494 e. The standard InChI is InChI=1S/C37H43N12O11P/c1-5-48-25(14-20(3)44-48)34(53)42-36-40-23-15-21(32(38)51)17-27(58-4)30(23)46(36)10-7-8-11-47-31-24(41-37(47)43-35(54)26-19-29(50)45-49(26)6-2)16-22(33(39)52)18-28(31)59-12-9-13-60-61(55,56)57/h7-8,14-19H,5-6,9-13H2,1-4H3,(H2,38,51)(H2,39,52)(H,45,50)(H,40,42,53)(H,41,43,54)(H2,55,56,57)/b8-7+. The Bertz CT molecular complexity index is 2810. The number of hydrogen-bond acceptors (Lipinski definition) is 12. The molecule has 0 aliphatic rings. The van der Waals surface area contributed by atoms with E-state index in [9.17, 15) is 28.5 Å². The van der Waals surface area contributed by atoms with Crippen molar-refractivity contribution in [2.24, 2.45) is 11.5 Å². The van der Waals surface area contributed by atoms with Gasteiger partial charge in [0.2, 0.25) is 23.7 Å². The number of carbonyl (C=O) groups excluding carboxylic acids is 4. The van der Waals surface area contributed by atoms with E-state index in [1.807, 2.05) is 6.92 Å². The molecule has 0 bridgehead atoms. The molecule has 23 nitrogen and oxygen atoms in total. The molecule has 6 rings (SSSR count). The van der Waals surface area contributed by atoms with Crippen molar-refractivity contribution in [1.82, 2.24) is 38.7 Å². The Balaban J connectivity index is 1.40. The first-order valence-corrected chi connectivity index (χ1v) is 20.2. The number of rotatable bonds is 19. The van der Waals surface area contributed by atoms with Crippen LogP contribution in [0.3, 0.4) is 0 Å². The lowest BCUT2D eigenvalue weighted by Crippen LogP contribution is -2.20. The average molecular weight is 863 g/mol. The molecule has 4 amide bonds. The van der Waals surface area contributed by atoms with Crippen LogP contribution in [-0.2, 0) is 35.3 Å². The number of nitrogens with zero attached hydrogens (tertiary/aromatic N) is 7. The fourth-order valence-corrected chi connectivity index (χ4v) is 6.87. The Morgan fingerprint density at radius 3 is 1.90 bits per heavy atom. The molecule has 0 unspecified atom stereocenters. The maximum Gasteiger partial charge on any atom is 0.469 e. The summed E-state index contributed by atoms with van der Waals surface area (Å²) in [7, 11) is -3.32. The molecule has 61 heavy (non-hydrogen) atoms. The van der Waals surface area contributed by atoms with Gasteiger partial charge in [0.05, 0.1) is 37.1 Å². The van der Waals surface area contributed by atoms with Gasteiger partial charge in [-0.2, -0.15) is 5.10 Å². The van der Waals surface area contributed by atoms with Crippen LogP contribution in [0.25, 0.3) is 22.1 Å². The number of benzene rings is 2. The average Bonchev–Trinajstić information content (AvgIpc) is 3.97. The molecule has 24 heteroatoms. The normalized spacial score (nSPS) is 11.8. The van der Waals surface area contributed by atoms with Crippen molar-refractivity contribution in [3.63, 3.8) is 0 Å². The van der Waals surface area contributed by atoms with E-state index >= 15 is 0 Å². The number of aromatic amines is 1. The lowest BCUT2D eigenvalue weighted by molar-refractivity contribution is 0.0991. The predicted molar refractivity (Wildman–Crippen MR) is 220 cm³/mol. The number of primary amides is 2. The summed E-state index contributed by atoms with van der Waals surface area (Å²) in [5.41, 5.74) is 13.0. The van der Waals surface area contributed by atoms with Crippen molar-refractivity contribution >= 4 is 65.4 Å². The zero-order chi connectivity index (χ0) is 44.2. The van der Waals surface area contributed by atoms with Gasteiger partial charge in [0.25, 0.3) is 17.4 Å². The number of nitrogens with one attached hydrogen (secondary N) is 3. The largest absolute Gasteiger partial charge is 0.494 e. The van der Waals surface area contributed by atoms with Crippen LogP contribution in [0.5, 0.6) is 11.5 Å². The van der Waals surface area contributed by atoms with Crippen molar-refractivity contribution in [1.29, 1.82) is 0 Å². The first-order valence-electron chi connectivity index (χ1n) is 18.7. The van der Waals surface area contributed by atoms with E-state index in [4.69, 9.17) is 30.7 Å². The number of methoxy groups -OCH3 is 1. The highest BCUT2D eigenvalue weighted by molar-refractivity contribution is 7.46. The summed E-state index contributed by atoms with van der Waals surface area (Å²) in [4.78, 5) is 91.2. The highest BCUT2D eigenvalue weighted by atomic mass is 31.2. The number of imidazole rings is 2. The van der Waals surface area contributed by atoms with Gasteiger partial charge in [0, 0.05) is 49.8 Å². The van der Waals surface area contributed by atoms with Gasteiger partial charge in [0.15, 0.2) is 0 Å². The topological polar surface area (TPSA) is 321 Å². The first-order chi connectivity index (χ1) is 29.0. The molecular formula is C37H43N12O11P. The zero-order valence-corrected chi connectivity index (χ0v) is 34.3. The molecule has 4 heterocycles. The quantitative estimate of drug-likeness (QED) is 0.0349. The van der Waals surface area contributed by atoms with Crippen molar-refractivity contribution in [3.05, 3.63) is 87.1 Å². The van der Waals surface area contributed by atoms with Gasteiger partial charge in [0.1, 0.15) is 33.9 Å². The highest BCUT2D eigenvalue weighted by Crippen LogP contribution is 2.36. The van der Waals surface area contributed by atoms with Crippen LogP contribution in [0.1, 0.15) is 67.7 Å². The Labute approximate surface area is 345 Å². The van der Waals surface area contributed by atoms with Crippen molar-refractivity contribution in [2.75, 3.05) is 31.0 Å². The Morgan fingerprint density at radius 2 is 1.38 bits per heavy atom. The highest BCUT2D eigenvalue weighted by Gasteiger charge is 2.24. The summed E-state index contributed by atoms with van der Waals surface area (Å²) in [6, 6.07) is 8.49. The van der Waals surface area contributed by atoms with Gasteiger partial charge >= 0.3 is 7.82 Å². The number of amides is 4. The van der Waals surface area contributed by atoms with E-state index in [2.05, 4.69) is 35.3 Å². The predicted octanol–water partition coefficient (Wildman–Crippen LogP) is 2.27. The maximum atomic E-state index is 13.6. The number of phosphoric acid groups is 1. The summed E-state index contributed by atoms with van der Waals surface area (Å²) >= 11 is 0. The fourth-order valence-electron chi connectivity index (χ4n) is 6.51. The Kier molecular flexibility index (Phi) is 12.9. The monoisotopic (exact) mass is 862 g/mol. The molecule has 0 fully saturated rings. The van der Waals surface area contributed by atoms with Gasteiger partial charge in [-0.1, -0.05) is 12.2 Å². The number of hydrogen-bond donors (Lipinski definition) is 7. The molecule has 9 N–H and O–H groups in total. The number of anilines is 2. The molecule has 0 saturated carbocycles. The van der Waals surface area contributed by atoms with Crippen molar-refractivity contribution < 1.29 is 47.5 Å². The Morgan fingerprint density at radius 1 is 0.820 bits per heavy atom. The summed E-state index contributed by atoms with van der Waals surface area (Å²) in [6.07, 6.45) is 3.48. The van der Waals surface area contributed by atoms with E-state index in [1.165, 1.54) is 36.1 Å². The fraction of sp³-hybridized carbons (Fsp3) is 0.297. The third-order valence-corrected chi connectivity index (χ3v) is 9.71. The molecule has 0 spiro atoms. The number of nitrogens with two attached hydrogens (primary N) is 2. The molecule has 0 aliphatic carbocycles. The lowest BCUT2D eigenvalue weighted by Gasteiger charge is -2.13. The molecule has 0 saturated heterocycles. The molecule has 322 valence electrons. The number of allylic oxidation sites excluding steroid dienone is 2. The van der Waals surface area contributed by atoms with Gasteiger partial charge < -0.3 is 39.9 Å². The number of H-pyrrole nitrogens is 1. The third-order valence-electron chi connectivity index (χ3n) is 9.19. The van der Waals surface area contributed by atoms with Gasteiger partial charge in [-0.05, 0) is 51.1 Å². The van der Waals surface area contributed by atoms with E-state index in [0.717, 1.165) is 6.07 Å². The van der Waals surface area contributed by atoms with Gasteiger partial charge in [-0.15, -0.1) is 0 Å². The summed E-state index contributed by atoms with van der Waals surface area (Å²) in [6.45, 7) is 5.66. The maximum absolute atomic E-state index is 13.6. The molecule has 2 aromatic carbocycles. The second-order valence-corrected chi connectivity index (χ2v) is 14.6. The van der Waals surface area contributed by atoms with Crippen molar-refractivity contribution in [2.45, 2.75) is 53.4 Å². The molecular weight excluding hydrogens is 819 g/mol. The minimum atomic E-state index is -4.73. The van der Waals surface area contributed by atoms with Gasteiger partial charge in [-0.25, -0.2) is 14.5 Å². The van der Waals surface area contributed by atoms with Crippen LogP contribution in [0.4, 0.5) is 11.9 Å². The molecule has 0 radical (unpaired) electrons. The van der Waals surface area contributed by atoms with Crippen LogP contribution < -0.4 is 37.1 Å². The SMILES string of the molecule is CCn1nc(C)cc1C(=O)Nc1nc2cc(C(N)=O)cc(OC)c2n1C/C=C/Cn1c(NC(=O)c2cc(=O)[nH]n2CC)nc2cc(C(N)=O)cc(OCCCOP(=O)(O)O)c21. The number of aromatic nitrogens is 8. The second kappa shape index (κ2) is 18.0. The van der Waals surface area contributed by atoms with Crippen LogP contribution in [-0.4, -0.2) is 92.4 Å². The summed E-state index contributed by atoms with van der Waals surface area (Å²) < 4.78 is 33.5. The smallest absolute Gasteiger partial charge is 0.469 e. The van der Waals surface area contributed by atoms with Crippen molar-refractivity contribution in [3.8, 4) is 11.5 Å². The van der Waals surface area contributed by atoms with Crippen LogP contribution in [0, 0.1) is 6.92 Å². The number of aryl methyl sites for hydroxylation is 3. The van der Waals surface area contributed by atoms with E-state index < -0.39 is 37.0 Å². The molecule has 0 atom stereocenters. The number of ether oxygens (including phenoxy) is 2. The minimum absolute atomic E-state index is 0.000326. The molecule has 6 aromatic rings. The van der Waals surface area contributed by atoms with Crippen LogP contribution >= 0.6 is 7.82 Å². The number of fused-ring (bicyclic) bond motifs is 2. The molecule has 0 aliphatic heterocycles. The van der Waals surface area contributed by atoms with Gasteiger partial charge in [-0.3, -0.25) is 53.6 Å². The van der Waals surface area contributed by atoms with E-state index in [-0.39, 0.29) is 85.0 Å². The second-order valence-electron chi connectivity index (χ2n) is 13.4.